The molecule has 0 amide bonds. The van der Waals surface area contributed by atoms with Crippen LogP contribution in [0.15, 0.2) is 54.6 Å². The number of hydrogen-bond donors (Lipinski definition) is 0. The van der Waals surface area contributed by atoms with Crippen molar-refractivity contribution >= 4 is 26.8 Å². The van der Waals surface area contributed by atoms with Crippen molar-refractivity contribution in [1.82, 2.24) is 0 Å². The fraction of sp³-hybridized carbons (Fsp3) is 0.0769. The Morgan fingerprint density at radius 2 is 1.65 bits per heavy atom. The van der Waals surface area contributed by atoms with Gasteiger partial charge in [-0.2, -0.15) is 0 Å². The zero-order valence-corrected chi connectivity index (χ0v) is 10.9. The van der Waals surface area contributed by atoms with Gasteiger partial charge in [-0.25, -0.2) is 0 Å². The Labute approximate surface area is 104 Å². The van der Waals surface area contributed by atoms with Crippen molar-refractivity contribution in [2.24, 2.45) is 0 Å². The second kappa shape index (κ2) is 5.86. The van der Waals surface area contributed by atoms with Gasteiger partial charge in [0.15, 0.2) is 0 Å². The van der Waals surface area contributed by atoms with E-state index in [0.717, 1.165) is 11.1 Å². The molecular weight excluding hydrogens is 230 g/mol. The third-order valence-corrected chi connectivity index (χ3v) is 4.34. The summed E-state index contributed by atoms with van der Waals surface area (Å²) in [4.78, 5) is 0. The number of hydrogen-bond acceptors (Lipinski definition) is 2. The number of rotatable bonds is 4. The highest BCUT2D eigenvalue weighted by molar-refractivity contribution is 7.69. The molecule has 0 bridgehead atoms. The van der Waals surface area contributed by atoms with Crippen LogP contribution in [0.5, 0.6) is 5.75 Å². The largest absolute Gasteiger partial charge is 0.497 e. The fourth-order valence-corrected chi connectivity index (χ4v) is 3.29. The van der Waals surface area contributed by atoms with E-state index in [-0.39, 0.29) is 0 Å². The van der Waals surface area contributed by atoms with E-state index in [1.165, 1.54) is 5.30 Å². The molecule has 0 fully saturated rings. The summed E-state index contributed by atoms with van der Waals surface area (Å²) in [5.41, 5.74) is 0. The van der Waals surface area contributed by atoms with Gasteiger partial charge in [0.25, 0.3) is 8.05 Å². The Hall–Kier alpha value is -1.31. The molecule has 17 heavy (non-hydrogen) atoms. The van der Waals surface area contributed by atoms with E-state index in [0.29, 0.717) is 0 Å². The van der Waals surface area contributed by atoms with Crippen LogP contribution in [-0.2, 0) is 4.44 Å². The van der Waals surface area contributed by atoms with Crippen molar-refractivity contribution in [3.05, 3.63) is 54.6 Å². The minimum Gasteiger partial charge on any atom is -0.497 e. The molecule has 0 aliphatic carbocycles. The molecule has 0 aromatic heterocycles. The van der Waals surface area contributed by atoms with Gasteiger partial charge in [0.2, 0.25) is 0 Å². The first-order chi connectivity index (χ1) is 8.35. The molecule has 2 rings (SSSR count). The molecule has 0 unspecified atom stereocenters. The Balaban J connectivity index is 2.35. The molecule has 0 radical (unpaired) electrons. The summed E-state index contributed by atoms with van der Waals surface area (Å²) in [6.07, 6.45) is 0. The van der Waals surface area contributed by atoms with Crippen LogP contribution in [0.25, 0.3) is 0 Å². The van der Waals surface area contributed by atoms with Crippen molar-refractivity contribution in [3.8, 4) is 5.75 Å². The second-order valence-corrected chi connectivity index (χ2v) is 5.50. The van der Waals surface area contributed by atoms with Gasteiger partial charge in [0, 0.05) is 10.6 Å². The summed E-state index contributed by atoms with van der Waals surface area (Å²) in [6.45, 7) is 0. The summed E-state index contributed by atoms with van der Waals surface area (Å²) >= 11 is 0. The van der Waals surface area contributed by atoms with Crippen LogP contribution in [0.4, 0.5) is 0 Å². The summed E-state index contributed by atoms with van der Waals surface area (Å²) in [6, 6.07) is 18.3. The van der Waals surface area contributed by atoms with Crippen LogP contribution in [0, 0.1) is 0 Å². The molecule has 2 aromatic carbocycles. The number of ether oxygens (including phenoxy) is 1. The third-order valence-electron chi connectivity index (χ3n) is 2.46. The van der Waals surface area contributed by atoms with E-state index in [4.69, 9.17) is 9.18 Å². The second-order valence-electron chi connectivity index (χ2n) is 3.51. The Morgan fingerprint density at radius 3 is 2.29 bits per heavy atom. The first-order valence-electron chi connectivity index (χ1n) is 5.38. The van der Waals surface area contributed by atoms with Crippen molar-refractivity contribution in [2.75, 3.05) is 7.11 Å². The van der Waals surface area contributed by atoms with Crippen LogP contribution in [0.2, 0.25) is 0 Å². The number of benzene rings is 2. The fourth-order valence-electron chi connectivity index (χ4n) is 1.66. The highest BCUT2D eigenvalue weighted by Gasteiger charge is 2.12. The lowest BCUT2D eigenvalue weighted by Gasteiger charge is -2.17. The SMILES string of the molecule is BO[P@](c1ccccc1)c1cccc(OC)c1. The zero-order chi connectivity index (χ0) is 12.1. The topological polar surface area (TPSA) is 18.5 Å². The monoisotopic (exact) mass is 244 g/mol. The molecule has 2 nitrogen and oxygen atoms in total. The average Bonchev–Trinajstić information content (AvgIpc) is 2.41. The normalized spacial score (nSPS) is 12.1. The highest BCUT2D eigenvalue weighted by atomic mass is 31.1. The van der Waals surface area contributed by atoms with Gasteiger partial charge in [-0.15, -0.1) is 0 Å². The van der Waals surface area contributed by atoms with Gasteiger partial charge < -0.3 is 9.18 Å². The Kier molecular flexibility index (Phi) is 4.19. The van der Waals surface area contributed by atoms with Crippen molar-refractivity contribution in [3.63, 3.8) is 0 Å². The van der Waals surface area contributed by atoms with E-state index in [1.807, 2.05) is 36.4 Å². The van der Waals surface area contributed by atoms with Gasteiger partial charge in [-0.3, -0.25) is 0 Å². The molecule has 4 heteroatoms. The summed E-state index contributed by atoms with van der Waals surface area (Å²) in [5.74, 6) is 0.864. The van der Waals surface area contributed by atoms with Crippen LogP contribution in [0.1, 0.15) is 0 Å². The van der Waals surface area contributed by atoms with Crippen LogP contribution in [0.3, 0.4) is 0 Å². The zero-order valence-electron chi connectivity index (χ0n) is 9.96. The minimum absolute atomic E-state index is 0.751. The lowest BCUT2D eigenvalue weighted by Crippen LogP contribution is -2.13. The summed E-state index contributed by atoms with van der Waals surface area (Å²) in [5, 5.41) is 2.37. The predicted molar refractivity (Wildman–Crippen MR) is 75.3 cm³/mol. The highest BCUT2D eigenvalue weighted by Crippen LogP contribution is 2.34. The van der Waals surface area contributed by atoms with E-state index in [2.05, 4.69) is 18.2 Å². The molecule has 0 saturated carbocycles. The molecule has 0 N–H and O–H groups in total. The van der Waals surface area contributed by atoms with Gasteiger partial charge in [-0.05, 0) is 12.1 Å². The first-order valence-corrected chi connectivity index (χ1v) is 6.64. The number of methoxy groups -OCH3 is 1. The van der Waals surface area contributed by atoms with E-state index in [1.54, 1.807) is 15.2 Å². The standard InChI is InChI=1S/C13H14BO2P/c1-15-11-6-5-9-13(10-11)17(16-14)12-7-3-2-4-8-12/h2-10H,14H2,1H3/t17-/m1/s1. The molecule has 0 heterocycles. The molecule has 1 atom stereocenters. The van der Waals surface area contributed by atoms with Crippen LogP contribution < -0.4 is 15.3 Å². The third kappa shape index (κ3) is 2.88. The maximum atomic E-state index is 5.63. The predicted octanol–water partition coefficient (Wildman–Crippen LogP) is 1.61. The average molecular weight is 244 g/mol. The minimum atomic E-state index is -0.751. The smallest absolute Gasteiger partial charge is 0.263 e. The van der Waals surface area contributed by atoms with Gasteiger partial charge in [-0.1, -0.05) is 42.5 Å². The summed E-state index contributed by atoms with van der Waals surface area (Å²) in [7, 11) is 2.67. The van der Waals surface area contributed by atoms with E-state index in [9.17, 15) is 0 Å². The van der Waals surface area contributed by atoms with Crippen molar-refractivity contribution in [2.45, 2.75) is 0 Å². The lowest BCUT2D eigenvalue weighted by molar-refractivity contribution is 0.415. The quantitative estimate of drug-likeness (QED) is 0.600. The lowest BCUT2D eigenvalue weighted by atomic mass is 10.3. The first kappa shape index (κ1) is 12.2. The van der Waals surface area contributed by atoms with Crippen LogP contribution >= 0.6 is 8.15 Å². The van der Waals surface area contributed by atoms with E-state index >= 15 is 0 Å². The van der Waals surface area contributed by atoms with Gasteiger partial charge >= 0.3 is 0 Å². The maximum Gasteiger partial charge on any atom is 0.263 e. The Bertz CT molecular complexity index is 476. The molecular formula is C13H14BO2P. The van der Waals surface area contributed by atoms with Crippen LogP contribution in [-0.4, -0.2) is 15.2 Å². The van der Waals surface area contributed by atoms with Gasteiger partial charge in [0.05, 0.1) is 15.3 Å². The summed E-state index contributed by atoms with van der Waals surface area (Å²) < 4.78 is 10.9. The Morgan fingerprint density at radius 1 is 0.941 bits per heavy atom. The van der Waals surface area contributed by atoms with E-state index < -0.39 is 8.15 Å². The molecule has 86 valence electrons. The molecule has 0 aliphatic rings. The maximum absolute atomic E-state index is 5.63. The molecule has 0 saturated heterocycles. The van der Waals surface area contributed by atoms with Crippen molar-refractivity contribution < 1.29 is 9.18 Å². The molecule has 2 aromatic rings. The molecule has 0 aliphatic heterocycles. The van der Waals surface area contributed by atoms with Gasteiger partial charge in [0.1, 0.15) is 5.75 Å². The molecule has 0 spiro atoms. The van der Waals surface area contributed by atoms with Crippen molar-refractivity contribution in [1.29, 1.82) is 0 Å².